The number of nitrogens with one attached hydrogen (secondary N) is 2. The molecule has 0 saturated carbocycles. The van der Waals surface area contributed by atoms with Crippen molar-refractivity contribution < 1.29 is 4.74 Å². The number of ether oxygens (including phenoxy) is 1. The van der Waals surface area contributed by atoms with Gasteiger partial charge in [0.05, 0.1) is 28.2 Å². The van der Waals surface area contributed by atoms with Crippen molar-refractivity contribution in [2.45, 2.75) is 44.8 Å². The van der Waals surface area contributed by atoms with E-state index in [-0.39, 0.29) is 11.7 Å². The molecule has 10 nitrogen and oxygen atoms in total. The average molecular weight is 581 g/mol. The maximum Gasteiger partial charge on any atom is 0.263 e. The van der Waals surface area contributed by atoms with Gasteiger partial charge >= 0.3 is 0 Å². The Kier molecular flexibility index (Phi) is 7.27. The molecule has 1 aromatic carbocycles. The number of pyridine rings is 1. The van der Waals surface area contributed by atoms with Gasteiger partial charge in [0.15, 0.2) is 0 Å². The lowest BCUT2D eigenvalue weighted by Gasteiger charge is -2.24. The summed E-state index contributed by atoms with van der Waals surface area (Å²) in [6, 6.07) is 9.64. The number of benzene rings is 1. The predicted molar refractivity (Wildman–Crippen MR) is 165 cm³/mol. The van der Waals surface area contributed by atoms with E-state index in [9.17, 15) is 4.79 Å². The lowest BCUT2D eigenvalue weighted by Crippen LogP contribution is -2.37. The average Bonchev–Trinajstić information content (AvgIpc) is 3.79. The number of aryl methyl sites for hydroxylation is 1. The first-order valence-electron chi connectivity index (χ1n) is 14.4. The summed E-state index contributed by atoms with van der Waals surface area (Å²) in [7, 11) is 1.88. The highest BCUT2D eigenvalue weighted by atomic mass is 32.1. The van der Waals surface area contributed by atoms with E-state index in [4.69, 9.17) is 9.72 Å². The number of allylic oxidation sites excluding steroid dienone is 2. The predicted octanol–water partition coefficient (Wildman–Crippen LogP) is 5.14. The maximum absolute atomic E-state index is 14.0. The molecule has 0 spiro atoms. The second kappa shape index (κ2) is 11.5. The fourth-order valence-electron chi connectivity index (χ4n) is 5.68. The van der Waals surface area contributed by atoms with Crippen LogP contribution in [-0.4, -0.2) is 48.3 Å². The summed E-state index contributed by atoms with van der Waals surface area (Å²) in [5, 5.41) is 7.42. The summed E-state index contributed by atoms with van der Waals surface area (Å²) in [5.74, 6) is 1.84. The topological polar surface area (TPSA) is 112 Å². The molecule has 4 aromatic heterocycles. The van der Waals surface area contributed by atoms with Gasteiger partial charge in [-0.25, -0.2) is 15.0 Å². The molecule has 5 heterocycles. The van der Waals surface area contributed by atoms with E-state index in [2.05, 4.69) is 31.7 Å². The van der Waals surface area contributed by atoms with Gasteiger partial charge in [-0.3, -0.25) is 9.36 Å². The molecule has 2 N–H and O–H groups in total. The second-order valence-electron chi connectivity index (χ2n) is 10.8. The standard InChI is InChI=1S/C31H32N8O2S/c1-38-14-13-33-29(38)25-15-21-16-34-31(36-22-8-10-23(11-9-22)41-24-7-4-12-32-17-24)37-28(21)39(30(25)40)18-26-27(42-19-35-26)20-5-2-3-6-20/h5,8-11,13-16,19,24,32H,2-4,6-7,12,17-18H2,1H3,(H,34,36,37). The van der Waals surface area contributed by atoms with Crippen LogP contribution in [0, 0.1) is 0 Å². The number of piperidine rings is 1. The number of imidazole rings is 1. The van der Waals surface area contributed by atoms with E-state index in [0.29, 0.717) is 29.5 Å². The number of aromatic nitrogens is 6. The Morgan fingerprint density at radius 3 is 2.83 bits per heavy atom. The Morgan fingerprint density at radius 1 is 1.17 bits per heavy atom. The summed E-state index contributed by atoms with van der Waals surface area (Å²) in [6.07, 6.45) is 13.2. The summed E-state index contributed by atoms with van der Waals surface area (Å²) < 4.78 is 9.67. The Labute approximate surface area is 247 Å². The third kappa shape index (κ3) is 5.33. The fraction of sp³-hybridized carbons (Fsp3) is 0.323. The third-order valence-electron chi connectivity index (χ3n) is 7.84. The van der Waals surface area contributed by atoms with Gasteiger partial charge in [0, 0.05) is 43.3 Å². The summed E-state index contributed by atoms with van der Waals surface area (Å²) in [6.45, 7) is 2.23. The van der Waals surface area contributed by atoms with Crippen LogP contribution in [-0.2, 0) is 13.6 Å². The zero-order valence-corrected chi connectivity index (χ0v) is 24.2. The van der Waals surface area contributed by atoms with Crippen molar-refractivity contribution in [3.05, 3.63) is 81.4 Å². The van der Waals surface area contributed by atoms with E-state index < -0.39 is 0 Å². The first kappa shape index (κ1) is 26.5. The summed E-state index contributed by atoms with van der Waals surface area (Å²) in [4.78, 5) is 33.7. The molecule has 214 valence electrons. The molecule has 1 aliphatic heterocycles. The van der Waals surface area contributed by atoms with Crippen molar-refractivity contribution >= 4 is 39.6 Å². The molecular formula is C31H32N8O2S. The molecule has 1 unspecified atom stereocenters. The Balaban J connectivity index is 1.23. The van der Waals surface area contributed by atoms with Crippen molar-refractivity contribution in [3.63, 3.8) is 0 Å². The number of anilines is 2. The molecule has 5 aromatic rings. The minimum atomic E-state index is -0.167. The molecule has 0 amide bonds. The van der Waals surface area contributed by atoms with Crippen LogP contribution in [0.2, 0.25) is 0 Å². The highest BCUT2D eigenvalue weighted by Gasteiger charge is 2.20. The molecule has 1 atom stereocenters. The highest BCUT2D eigenvalue weighted by molar-refractivity contribution is 7.10. The number of rotatable bonds is 8. The Bertz CT molecular complexity index is 1820. The van der Waals surface area contributed by atoms with Crippen LogP contribution < -0.4 is 20.9 Å². The number of fused-ring (bicyclic) bond motifs is 1. The van der Waals surface area contributed by atoms with Crippen LogP contribution in [0.3, 0.4) is 0 Å². The van der Waals surface area contributed by atoms with Crippen molar-refractivity contribution in [2.75, 3.05) is 18.4 Å². The van der Waals surface area contributed by atoms with Gasteiger partial charge in [-0.1, -0.05) is 6.08 Å². The van der Waals surface area contributed by atoms with Crippen molar-refractivity contribution in [3.8, 4) is 17.1 Å². The second-order valence-corrected chi connectivity index (χ2v) is 11.6. The van der Waals surface area contributed by atoms with E-state index >= 15 is 0 Å². The molecule has 0 radical (unpaired) electrons. The van der Waals surface area contributed by atoms with Crippen LogP contribution in [0.25, 0.3) is 28.0 Å². The molecule has 1 saturated heterocycles. The molecular weight excluding hydrogens is 548 g/mol. The van der Waals surface area contributed by atoms with Gasteiger partial charge in [0.25, 0.3) is 5.56 Å². The van der Waals surface area contributed by atoms with Crippen molar-refractivity contribution in [1.29, 1.82) is 0 Å². The van der Waals surface area contributed by atoms with Crippen LogP contribution in [0.1, 0.15) is 42.7 Å². The molecule has 2 aliphatic rings. The number of thiazole rings is 1. The van der Waals surface area contributed by atoms with Gasteiger partial charge in [0.2, 0.25) is 5.95 Å². The van der Waals surface area contributed by atoms with Gasteiger partial charge < -0.3 is 19.9 Å². The Morgan fingerprint density at radius 2 is 2.07 bits per heavy atom. The van der Waals surface area contributed by atoms with Crippen molar-refractivity contribution in [2.24, 2.45) is 7.05 Å². The van der Waals surface area contributed by atoms with E-state index in [1.807, 2.05) is 53.7 Å². The maximum atomic E-state index is 14.0. The van der Waals surface area contributed by atoms with E-state index in [1.165, 1.54) is 5.57 Å². The van der Waals surface area contributed by atoms with Crippen molar-refractivity contribution in [1.82, 2.24) is 34.4 Å². The molecule has 42 heavy (non-hydrogen) atoms. The quantitative estimate of drug-likeness (QED) is 0.260. The minimum Gasteiger partial charge on any atom is -0.489 e. The summed E-state index contributed by atoms with van der Waals surface area (Å²) >= 11 is 1.63. The molecule has 1 aliphatic carbocycles. The normalized spacial score (nSPS) is 17.0. The first-order chi connectivity index (χ1) is 20.6. The molecule has 11 heteroatoms. The third-order valence-corrected chi connectivity index (χ3v) is 8.78. The number of nitrogens with zero attached hydrogens (tertiary/aromatic N) is 6. The molecule has 7 rings (SSSR count). The van der Waals surface area contributed by atoms with E-state index in [0.717, 1.165) is 72.6 Å². The fourth-order valence-corrected chi connectivity index (χ4v) is 6.56. The number of hydrogen-bond donors (Lipinski definition) is 2. The number of hydrogen-bond acceptors (Lipinski definition) is 9. The monoisotopic (exact) mass is 580 g/mol. The molecule has 0 bridgehead atoms. The zero-order chi connectivity index (χ0) is 28.5. The Hall–Kier alpha value is -4.35. The summed E-state index contributed by atoms with van der Waals surface area (Å²) in [5.41, 5.74) is 5.76. The van der Waals surface area contributed by atoms with Gasteiger partial charge in [-0.05, 0) is 74.6 Å². The molecule has 1 fully saturated rings. The van der Waals surface area contributed by atoms with Crippen LogP contribution >= 0.6 is 11.3 Å². The SMILES string of the molecule is Cn1ccnc1-c1cc2cnc(Nc3ccc(OC4CCCNC4)cc3)nc2n(Cc2ncsc2C2=CCCC2)c1=O. The van der Waals surface area contributed by atoms with Gasteiger partial charge in [-0.2, -0.15) is 4.98 Å². The van der Waals surface area contributed by atoms with Gasteiger partial charge in [0.1, 0.15) is 23.3 Å². The van der Waals surface area contributed by atoms with Crippen LogP contribution in [0.5, 0.6) is 5.75 Å². The van der Waals surface area contributed by atoms with Gasteiger partial charge in [-0.15, -0.1) is 11.3 Å². The van der Waals surface area contributed by atoms with Crippen LogP contribution in [0.15, 0.2) is 65.3 Å². The lowest BCUT2D eigenvalue weighted by molar-refractivity contribution is 0.167. The largest absolute Gasteiger partial charge is 0.489 e. The van der Waals surface area contributed by atoms with Crippen LogP contribution in [0.4, 0.5) is 11.6 Å². The lowest BCUT2D eigenvalue weighted by atomic mass is 10.1. The van der Waals surface area contributed by atoms with E-state index in [1.54, 1.807) is 28.3 Å². The first-order valence-corrected chi connectivity index (χ1v) is 15.2. The minimum absolute atomic E-state index is 0.167. The smallest absolute Gasteiger partial charge is 0.263 e. The zero-order valence-electron chi connectivity index (χ0n) is 23.4. The highest BCUT2D eigenvalue weighted by Crippen LogP contribution is 2.33.